The van der Waals surface area contributed by atoms with Crippen LogP contribution < -0.4 is 0 Å². The fraction of sp³-hybridized carbons (Fsp3) is 0.136. The molecule has 1 aliphatic rings. The van der Waals surface area contributed by atoms with Gasteiger partial charge in [-0.1, -0.05) is 36.4 Å². The van der Waals surface area contributed by atoms with Crippen molar-refractivity contribution in [1.29, 1.82) is 0 Å². The van der Waals surface area contributed by atoms with Gasteiger partial charge in [-0.25, -0.2) is 4.39 Å². The molecule has 0 saturated heterocycles. The summed E-state index contributed by atoms with van der Waals surface area (Å²) in [6.45, 7) is 0.163. The van der Waals surface area contributed by atoms with Crippen molar-refractivity contribution in [2.45, 2.75) is 18.5 Å². The fourth-order valence-electron chi connectivity index (χ4n) is 3.74. The lowest BCUT2D eigenvalue weighted by atomic mass is 9.80. The molecule has 5 nitrogen and oxygen atoms in total. The maximum atomic E-state index is 13.3. The van der Waals surface area contributed by atoms with E-state index in [4.69, 9.17) is 0 Å². The van der Waals surface area contributed by atoms with Gasteiger partial charge in [0.05, 0.1) is 6.04 Å². The van der Waals surface area contributed by atoms with Gasteiger partial charge in [-0.3, -0.25) is 14.6 Å². The van der Waals surface area contributed by atoms with E-state index in [9.17, 15) is 19.1 Å². The number of aliphatic carboxylic acids is 1. The van der Waals surface area contributed by atoms with Gasteiger partial charge in [0.25, 0.3) is 5.91 Å². The number of carboxylic acids is 1. The number of carboxylic acid groups (broad SMARTS) is 1. The number of carbonyl (C=O) groups is 2. The van der Waals surface area contributed by atoms with Gasteiger partial charge in [-0.05, 0) is 41.0 Å². The van der Waals surface area contributed by atoms with E-state index in [0.717, 1.165) is 0 Å². The van der Waals surface area contributed by atoms with Gasteiger partial charge < -0.3 is 10.0 Å². The number of aromatic nitrogens is 1. The lowest BCUT2D eigenvalue weighted by molar-refractivity contribution is -0.140. The highest BCUT2D eigenvalue weighted by Crippen LogP contribution is 2.43. The fourth-order valence-corrected chi connectivity index (χ4v) is 3.74. The molecule has 2 atom stereocenters. The van der Waals surface area contributed by atoms with Crippen molar-refractivity contribution in [2.24, 2.45) is 0 Å². The number of nitrogens with zero attached hydrogens (tertiary/aromatic N) is 2. The highest BCUT2D eigenvalue weighted by Gasteiger charge is 2.44. The molecule has 0 saturated carbocycles. The van der Waals surface area contributed by atoms with Crippen molar-refractivity contribution in [3.05, 3.63) is 101 Å². The van der Waals surface area contributed by atoms with Gasteiger partial charge >= 0.3 is 5.97 Å². The summed E-state index contributed by atoms with van der Waals surface area (Å²) in [5.41, 5.74) is 2.22. The molecule has 6 heteroatoms. The SMILES string of the molecule is O=C(O)[C@@H]1c2ccccc2C(=O)N(Cc2ccc(F)cc2)[C@H]1c1cccnc1. The second-order valence-electron chi connectivity index (χ2n) is 6.69. The average Bonchev–Trinajstić information content (AvgIpc) is 2.71. The van der Waals surface area contributed by atoms with E-state index in [1.165, 1.54) is 17.0 Å². The number of hydrogen-bond acceptors (Lipinski definition) is 3. The number of benzene rings is 2. The minimum atomic E-state index is -1.02. The zero-order chi connectivity index (χ0) is 19.7. The summed E-state index contributed by atoms with van der Waals surface area (Å²) in [7, 11) is 0. The van der Waals surface area contributed by atoms with E-state index < -0.39 is 17.9 Å². The molecule has 1 N–H and O–H groups in total. The number of fused-ring (bicyclic) bond motifs is 1. The molecule has 0 aliphatic carbocycles. The largest absolute Gasteiger partial charge is 0.481 e. The topological polar surface area (TPSA) is 70.5 Å². The Hall–Kier alpha value is -3.54. The number of hydrogen-bond donors (Lipinski definition) is 1. The molecule has 1 aliphatic heterocycles. The smallest absolute Gasteiger partial charge is 0.313 e. The Labute approximate surface area is 161 Å². The van der Waals surface area contributed by atoms with Gasteiger partial charge in [-0.2, -0.15) is 0 Å². The third-order valence-electron chi connectivity index (χ3n) is 5.00. The molecule has 140 valence electrons. The van der Waals surface area contributed by atoms with Gasteiger partial charge in [0.1, 0.15) is 11.7 Å². The molecule has 3 aromatic rings. The monoisotopic (exact) mass is 376 g/mol. The first kappa shape index (κ1) is 17.9. The number of amides is 1. The lowest BCUT2D eigenvalue weighted by Crippen LogP contribution is -2.44. The number of pyridine rings is 1. The first-order chi connectivity index (χ1) is 13.6. The van der Waals surface area contributed by atoms with Crippen LogP contribution in [-0.2, 0) is 11.3 Å². The van der Waals surface area contributed by atoms with Gasteiger partial charge in [0.15, 0.2) is 0 Å². The van der Waals surface area contributed by atoms with Crippen LogP contribution in [-0.4, -0.2) is 26.9 Å². The molecule has 0 fully saturated rings. The summed E-state index contributed by atoms with van der Waals surface area (Å²) in [6.07, 6.45) is 3.18. The van der Waals surface area contributed by atoms with Crippen molar-refractivity contribution in [2.75, 3.05) is 0 Å². The summed E-state index contributed by atoms with van der Waals surface area (Å²) >= 11 is 0. The highest BCUT2D eigenvalue weighted by molar-refractivity contribution is 6.00. The third-order valence-corrected chi connectivity index (χ3v) is 5.00. The quantitative estimate of drug-likeness (QED) is 0.752. The summed E-state index contributed by atoms with van der Waals surface area (Å²) in [6, 6.07) is 15.4. The molecule has 0 spiro atoms. The maximum absolute atomic E-state index is 13.3. The number of rotatable bonds is 4. The Morgan fingerprint density at radius 2 is 1.82 bits per heavy atom. The number of carbonyl (C=O) groups excluding carboxylic acids is 1. The molecular weight excluding hydrogens is 359 g/mol. The Morgan fingerprint density at radius 3 is 2.50 bits per heavy atom. The van der Waals surface area contributed by atoms with E-state index in [1.54, 1.807) is 60.9 Å². The van der Waals surface area contributed by atoms with Crippen LogP contribution in [0.4, 0.5) is 4.39 Å². The molecule has 4 rings (SSSR count). The zero-order valence-corrected chi connectivity index (χ0v) is 14.8. The van der Waals surface area contributed by atoms with E-state index in [0.29, 0.717) is 22.3 Å². The Bertz CT molecular complexity index is 1020. The van der Waals surface area contributed by atoms with E-state index >= 15 is 0 Å². The van der Waals surface area contributed by atoms with Crippen LogP contribution in [0, 0.1) is 5.82 Å². The standard InChI is InChI=1S/C22H17FN2O3/c23-16-9-7-14(8-10-16)13-25-20(15-4-3-11-24-12-15)19(22(27)28)17-5-1-2-6-18(17)21(25)26/h1-12,19-20H,13H2,(H,27,28)/t19-,20+/m1/s1. The second-order valence-corrected chi connectivity index (χ2v) is 6.69. The van der Waals surface area contributed by atoms with E-state index in [2.05, 4.69) is 4.98 Å². The van der Waals surface area contributed by atoms with Crippen LogP contribution in [0.5, 0.6) is 0 Å². The van der Waals surface area contributed by atoms with Crippen LogP contribution >= 0.6 is 0 Å². The van der Waals surface area contributed by atoms with Crippen LogP contribution in [0.15, 0.2) is 73.1 Å². The molecular formula is C22H17FN2O3. The molecule has 2 heterocycles. The molecule has 0 unspecified atom stereocenters. The Kier molecular flexibility index (Phi) is 4.61. The van der Waals surface area contributed by atoms with E-state index in [1.807, 2.05) is 0 Å². The van der Waals surface area contributed by atoms with Crippen molar-refractivity contribution < 1.29 is 19.1 Å². The van der Waals surface area contributed by atoms with E-state index in [-0.39, 0.29) is 18.3 Å². The molecule has 2 aromatic carbocycles. The molecule has 1 amide bonds. The minimum absolute atomic E-state index is 0.163. The second kappa shape index (κ2) is 7.23. The van der Waals surface area contributed by atoms with Gasteiger partial charge in [-0.15, -0.1) is 0 Å². The summed E-state index contributed by atoms with van der Waals surface area (Å²) in [5, 5.41) is 10.0. The third kappa shape index (κ3) is 3.13. The number of halogens is 1. The Balaban J connectivity index is 1.86. The predicted octanol–water partition coefficient (Wildman–Crippen LogP) is 3.79. The molecule has 28 heavy (non-hydrogen) atoms. The van der Waals surface area contributed by atoms with Crippen LogP contribution in [0.1, 0.15) is 39.0 Å². The van der Waals surface area contributed by atoms with Crippen molar-refractivity contribution in [1.82, 2.24) is 9.88 Å². The lowest BCUT2D eigenvalue weighted by Gasteiger charge is -2.40. The van der Waals surface area contributed by atoms with Crippen molar-refractivity contribution in [3.8, 4) is 0 Å². The maximum Gasteiger partial charge on any atom is 0.313 e. The van der Waals surface area contributed by atoms with Crippen molar-refractivity contribution >= 4 is 11.9 Å². The molecule has 0 radical (unpaired) electrons. The average molecular weight is 376 g/mol. The van der Waals surface area contributed by atoms with Gasteiger partial charge in [0.2, 0.25) is 0 Å². The van der Waals surface area contributed by atoms with Crippen molar-refractivity contribution in [3.63, 3.8) is 0 Å². The van der Waals surface area contributed by atoms with Crippen LogP contribution in [0.2, 0.25) is 0 Å². The summed E-state index contributed by atoms with van der Waals surface area (Å²) in [5.74, 6) is -2.57. The molecule has 0 bridgehead atoms. The minimum Gasteiger partial charge on any atom is -0.481 e. The Morgan fingerprint density at radius 1 is 1.07 bits per heavy atom. The highest BCUT2D eigenvalue weighted by atomic mass is 19.1. The van der Waals surface area contributed by atoms with Crippen LogP contribution in [0.3, 0.4) is 0 Å². The molecule has 1 aromatic heterocycles. The summed E-state index contributed by atoms with van der Waals surface area (Å²) in [4.78, 5) is 31.2. The normalized spacial score (nSPS) is 18.6. The zero-order valence-electron chi connectivity index (χ0n) is 14.8. The summed E-state index contributed by atoms with van der Waals surface area (Å²) < 4.78 is 13.3. The van der Waals surface area contributed by atoms with Crippen LogP contribution in [0.25, 0.3) is 0 Å². The first-order valence-electron chi connectivity index (χ1n) is 8.83. The van der Waals surface area contributed by atoms with Gasteiger partial charge in [0, 0.05) is 24.5 Å². The predicted molar refractivity (Wildman–Crippen MR) is 100 cm³/mol. The first-order valence-corrected chi connectivity index (χ1v) is 8.83.